The zero-order valence-corrected chi connectivity index (χ0v) is 17.7. The molecule has 3 aliphatic rings. The van der Waals surface area contributed by atoms with Gasteiger partial charge in [0, 0.05) is 32.6 Å². The van der Waals surface area contributed by atoms with Crippen LogP contribution in [0.15, 0.2) is 23.0 Å². The molecule has 0 radical (unpaired) electrons. The molecule has 1 aromatic carbocycles. The molecule has 1 fully saturated rings. The van der Waals surface area contributed by atoms with Crippen molar-refractivity contribution < 1.29 is 14.3 Å². The largest absolute Gasteiger partial charge is 0.486 e. The average Bonchev–Trinajstić information content (AvgIpc) is 3.42. The first-order chi connectivity index (χ1) is 15.2. The Morgan fingerprint density at radius 1 is 1.13 bits per heavy atom. The fourth-order valence-corrected chi connectivity index (χ4v) is 4.74. The lowest BCUT2D eigenvalue weighted by Gasteiger charge is -2.27. The van der Waals surface area contributed by atoms with E-state index in [0.717, 1.165) is 68.1 Å². The molecule has 166 valence electrons. The van der Waals surface area contributed by atoms with E-state index in [1.165, 1.54) is 0 Å². The third kappa shape index (κ3) is 4.00. The molecule has 2 amide bonds. The first-order valence-corrected chi connectivity index (χ1v) is 11.3. The fraction of sp³-hybridized carbons (Fsp3) is 0.591. The SMILES string of the molecule is O=C(NCCCn1nc2n(c1=O)CCCC2)N1CCCC1c1ccc2c(c1)OCCO2. The molecule has 1 aromatic heterocycles. The van der Waals surface area contributed by atoms with E-state index in [4.69, 9.17) is 9.47 Å². The first kappa shape index (κ1) is 20.0. The number of ether oxygens (including phenoxy) is 2. The Balaban J connectivity index is 1.16. The van der Waals surface area contributed by atoms with Crippen LogP contribution in [-0.2, 0) is 19.5 Å². The molecule has 1 atom stereocenters. The molecule has 9 heteroatoms. The van der Waals surface area contributed by atoms with Crippen LogP contribution in [0.5, 0.6) is 11.5 Å². The Hall–Kier alpha value is -2.97. The summed E-state index contributed by atoms with van der Waals surface area (Å²) >= 11 is 0. The molecule has 31 heavy (non-hydrogen) atoms. The number of benzene rings is 1. The average molecular weight is 428 g/mol. The van der Waals surface area contributed by atoms with E-state index in [9.17, 15) is 9.59 Å². The summed E-state index contributed by atoms with van der Waals surface area (Å²) in [5, 5.41) is 7.47. The van der Waals surface area contributed by atoms with E-state index in [1.54, 1.807) is 9.25 Å². The van der Waals surface area contributed by atoms with Crippen LogP contribution in [0.1, 0.15) is 49.5 Å². The topological polar surface area (TPSA) is 90.6 Å². The second-order valence-electron chi connectivity index (χ2n) is 8.37. The minimum Gasteiger partial charge on any atom is -0.486 e. The van der Waals surface area contributed by atoms with Gasteiger partial charge in [0.2, 0.25) is 0 Å². The van der Waals surface area contributed by atoms with Crippen molar-refractivity contribution in [3.63, 3.8) is 0 Å². The third-order valence-electron chi connectivity index (χ3n) is 6.32. The van der Waals surface area contributed by atoms with Crippen LogP contribution in [0.25, 0.3) is 0 Å². The normalized spacial score (nSPS) is 19.9. The van der Waals surface area contributed by atoms with Crippen molar-refractivity contribution in [2.75, 3.05) is 26.3 Å². The van der Waals surface area contributed by atoms with Crippen LogP contribution in [0.2, 0.25) is 0 Å². The Kier molecular flexibility index (Phi) is 5.57. The number of hydrogen-bond acceptors (Lipinski definition) is 5. The maximum Gasteiger partial charge on any atom is 0.345 e. The summed E-state index contributed by atoms with van der Waals surface area (Å²) in [4.78, 5) is 27.1. The van der Waals surface area contributed by atoms with E-state index in [-0.39, 0.29) is 17.8 Å². The lowest BCUT2D eigenvalue weighted by Crippen LogP contribution is -2.40. The second kappa shape index (κ2) is 8.64. The van der Waals surface area contributed by atoms with Gasteiger partial charge in [-0.05, 0) is 49.8 Å². The highest BCUT2D eigenvalue weighted by atomic mass is 16.6. The number of carbonyl (C=O) groups excluding carboxylic acids is 1. The molecule has 4 heterocycles. The van der Waals surface area contributed by atoms with E-state index >= 15 is 0 Å². The van der Waals surface area contributed by atoms with Crippen LogP contribution in [0.3, 0.4) is 0 Å². The summed E-state index contributed by atoms with van der Waals surface area (Å²) in [6.07, 6.45) is 5.58. The molecule has 9 nitrogen and oxygen atoms in total. The molecule has 0 spiro atoms. The maximum absolute atomic E-state index is 12.8. The number of amides is 2. The summed E-state index contributed by atoms with van der Waals surface area (Å²) in [6.45, 7) is 3.65. The lowest BCUT2D eigenvalue weighted by molar-refractivity contribution is 0.170. The van der Waals surface area contributed by atoms with Gasteiger partial charge in [0.15, 0.2) is 11.5 Å². The Bertz CT molecular complexity index is 1010. The van der Waals surface area contributed by atoms with Gasteiger partial charge in [0.25, 0.3) is 0 Å². The van der Waals surface area contributed by atoms with Crippen molar-refractivity contribution in [1.82, 2.24) is 24.6 Å². The molecular formula is C22H29N5O4. The minimum absolute atomic E-state index is 0.0285. The van der Waals surface area contributed by atoms with E-state index in [1.807, 2.05) is 23.1 Å². The number of fused-ring (bicyclic) bond motifs is 2. The van der Waals surface area contributed by atoms with Crippen molar-refractivity contribution in [3.8, 4) is 11.5 Å². The van der Waals surface area contributed by atoms with Crippen molar-refractivity contribution in [1.29, 1.82) is 0 Å². The lowest BCUT2D eigenvalue weighted by atomic mass is 10.0. The molecule has 1 saturated heterocycles. The molecule has 0 saturated carbocycles. The van der Waals surface area contributed by atoms with E-state index in [0.29, 0.717) is 32.7 Å². The highest BCUT2D eigenvalue weighted by Gasteiger charge is 2.30. The molecule has 1 N–H and O–H groups in total. The van der Waals surface area contributed by atoms with Gasteiger partial charge >= 0.3 is 11.7 Å². The molecule has 1 unspecified atom stereocenters. The zero-order chi connectivity index (χ0) is 21.2. The van der Waals surface area contributed by atoms with Crippen LogP contribution >= 0.6 is 0 Å². The highest BCUT2D eigenvalue weighted by molar-refractivity contribution is 5.75. The van der Waals surface area contributed by atoms with Gasteiger partial charge < -0.3 is 19.7 Å². The predicted octanol–water partition coefficient (Wildman–Crippen LogP) is 2.09. The zero-order valence-electron chi connectivity index (χ0n) is 17.7. The first-order valence-electron chi connectivity index (χ1n) is 11.3. The molecule has 5 rings (SSSR count). The maximum atomic E-state index is 12.8. The molecule has 0 aliphatic carbocycles. The number of nitrogens with one attached hydrogen (secondary N) is 1. The summed E-state index contributed by atoms with van der Waals surface area (Å²) in [5.41, 5.74) is 1.05. The minimum atomic E-state index is -0.0612. The predicted molar refractivity (Wildman–Crippen MR) is 114 cm³/mol. The number of rotatable bonds is 5. The standard InChI is InChI=1S/C22H29N5O4/c28-21(23-9-4-12-27-22(29)26-10-2-1-6-20(26)24-27)25-11-3-5-17(25)16-7-8-18-19(15-16)31-14-13-30-18/h7-8,15,17H,1-6,9-14H2,(H,23,28). The number of nitrogens with zero attached hydrogens (tertiary/aromatic N) is 4. The van der Waals surface area contributed by atoms with Gasteiger partial charge in [-0.3, -0.25) is 4.57 Å². The highest BCUT2D eigenvalue weighted by Crippen LogP contribution is 2.38. The monoisotopic (exact) mass is 427 g/mol. The third-order valence-corrected chi connectivity index (χ3v) is 6.32. The molecular weight excluding hydrogens is 398 g/mol. The molecule has 3 aliphatic heterocycles. The fourth-order valence-electron chi connectivity index (χ4n) is 4.74. The second-order valence-corrected chi connectivity index (χ2v) is 8.37. The smallest absolute Gasteiger partial charge is 0.345 e. The Morgan fingerprint density at radius 2 is 2.00 bits per heavy atom. The number of hydrogen-bond donors (Lipinski definition) is 1. The van der Waals surface area contributed by atoms with Gasteiger partial charge in [-0.1, -0.05) is 6.07 Å². The van der Waals surface area contributed by atoms with Crippen LogP contribution in [-0.4, -0.2) is 51.6 Å². The van der Waals surface area contributed by atoms with Crippen LogP contribution < -0.4 is 20.5 Å². The van der Waals surface area contributed by atoms with Crippen molar-refractivity contribution in [2.24, 2.45) is 0 Å². The summed E-state index contributed by atoms with van der Waals surface area (Å²) in [6, 6.07) is 5.93. The number of likely N-dealkylation sites (tertiary alicyclic amines) is 1. The van der Waals surface area contributed by atoms with Crippen molar-refractivity contribution in [3.05, 3.63) is 40.1 Å². The summed E-state index contributed by atoms with van der Waals surface area (Å²) < 4.78 is 14.6. The number of aromatic nitrogens is 3. The Labute approximate surface area is 180 Å². The van der Waals surface area contributed by atoms with Crippen molar-refractivity contribution >= 4 is 6.03 Å². The van der Waals surface area contributed by atoms with Gasteiger partial charge in [0.05, 0.1) is 6.04 Å². The summed E-state index contributed by atoms with van der Waals surface area (Å²) in [5.74, 6) is 2.41. The van der Waals surface area contributed by atoms with Gasteiger partial charge in [-0.15, -0.1) is 0 Å². The number of carbonyl (C=O) groups is 1. The van der Waals surface area contributed by atoms with E-state index < -0.39 is 0 Å². The van der Waals surface area contributed by atoms with Gasteiger partial charge in [0.1, 0.15) is 19.0 Å². The Morgan fingerprint density at radius 3 is 2.87 bits per heavy atom. The number of aryl methyl sites for hydroxylation is 2. The van der Waals surface area contributed by atoms with Gasteiger partial charge in [-0.2, -0.15) is 5.10 Å². The van der Waals surface area contributed by atoms with Crippen molar-refractivity contribution in [2.45, 2.75) is 57.7 Å². The number of urea groups is 1. The van der Waals surface area contributed by atoms with E-state index in [2.05, 4.69) is 10.4 Å². The van der Waals surface area contributed by atoms with Crippen LogP contribution in [0.4, 0.5) is 4.79 Å². The molecule has 0 bridgehead atoms. The quantitative estimate of drug-likeness (QED) is 0.738. The summed E-state index contributed by atoms with van der Waals surface area (Å²) in [7, 11) is 0. The molecule has 2 aromatic rings. The van der Waals surface area contributed by atoms with Gasteiger partial charge in [-0.25, -0.2) is 14.3 Å². The van der Waals surface area contributed by atoms with Crippen LogP contribution in [0, 0.1) is 0 Å².